The standard InChI is InChI=1S/C14H16N4O3/c1-10-8-15-17(9-10)6-5-14(19)16-13-4-3-12(18(20)21)7-11(13)2/h3-4,7-9H,5-6H2,1-2H3,(H,16,19). The summed E-state index contributed by atoms with van der Waals surface area (Å²) in [4.78, 5) is 22.1. The summed E-state index contributed by atoms with van der Waals surface area (Å²) in [6, 6.07) is 4.36. The predicted octanol–water partition coefficient (Wildman–Crippen LogP) is 2.44. The maximum atomic E-state index is 11.9. The largest absolute Gasteiger partial charge is 0.326 e. The van der Waals surface area contributed by atoms with Crippen LogP contribution in [0.25, 0.3) is 0 Å². The topological polar surface area (TPSA) is 90.1 Å². The Morgan fingerprint density at radius 1 is 1.43 bits per heavy atom. The lowest BCUT2D eigenvalue weighted by molar-refractivity contribution is -0.384. The van der Waals surface area contributed by atoms with Crippen molar-refractivity contribution in [3.63, 3.8) is 0 Å². The van der Waals surface area contributed by atoms with Gasteiger partial charge in [0.05, 0.1) is 11.1 Å². The molecule has 1 aromatic heterocycles. The van der Waals surface area contributed by atoms with Crippen LogP contribution in [0.1, 0.15) is 17.5 Å². The number of hydrogen-bond donors (Lipinski definition) is 1. The van der Waals surface area contributed by atoms with Gasteiger partial charge in [0.25, 0.3) is 5.69 Å². The molecule has 7 heteroatoms. The Morgan fingerprint density at radius 2 is 2.19 bits per heavy atom. The molecule has 1 amide bonds. The van der Waals surface area contributed by atoms with E-state index in [0.717, 1.165) is 5.56 Å². The fourth-order valence-corrected chi connectivity index (χ4v) is 1.92. The molecule has 0 aliphatic rings. The van der Waals surface area contributed by atoms with E-state index in [4.69, 9.17) is 0 Å². The monoisotopic (exact) mass is 288 g/mol. The lowest BCUT2D eigenvalue weighted by atomic mass is 10.1. The first-order valence-corrected chi connectivity index (χ1v) is 6.49. The van der Waals surface area contributed by atoms with E-state index in [-0.39, 0.29) is 18.0 Å². The van der Waals surface area contributed by atoms with Crippen LogP contribution in [-0.4, -0.2) is 20.6 Å². The average molecular weight is 288 g/mol. The van der Waals surface area contributed by atoms with Crippen molar-refractivity contribution in [2.75, 3.05) is 5.32 Å². The number of nitro groups is 1. The molecule has 0 spiro atoms. The van der Waals surface area contributed by atoms with Gasteiger partial charge in [-0.25, -0.2) is 0 Å². The number of amides is 1. The Kier molecular flexibility index (Phi) is 4.32. The lowest BCUT2D eigenvalue weighted by Crippen LogP contribution is -2.15. The van der Waals surface area contributed by atoms with Gasteiger partial charge in [-0.05, 0) is 31.0 Å². The third-order valence-corrected chi connectivity index (χ3v) is 3.03. The number of nitrogens with zero attached hydrogens (tertiary/aromatic N) is 3. The van der Waals surface area contributed by atoms with E-state index >= 15 is 0 Å². The number of carbonyl (C=O) groups excluding carboxylic acids is 1. The molecule has 0 saturated carbocycles. The molecule has 0 atom stereocenters. The molecule has 0 aliphatic carbocycles. The number of rotatable bonds is 5. The van der Waals surface area contributed by atoms with Crippen LogP contribution in [0.4, 0.5) is 11.4 Å². The number of nitrogens with one attached hydrogen (secondary N) is 1. The van der Waals surface area contributed by atoms with Gasteiger partial charge in [0.15, 0.2) is 0 Å². The predicted molar refractivity (Wildman–Crippen MR) is 78.0 cm³/mol. The van der Waals surface area contributed by atoms with Gasteiger partial charge in [0, 0.05) is 37.0 Å². The first kappa shape index (κ1) is 14.7. The number of nitro benzene ring substituents is 1. The van der Waals surface area contributed by atoms with Crippen LogP contribution in [0.5, 0.6) is 0 Å². The van der Waals surface area contributed by atoms with Crippen LogP contribution < -0.4 is 5.32 Å². The molecule has 7 nitrogen and oxygen atoms in total. The molecule has 1 heterocycles. The molecule has 0 saturated heterocycles. The smallest absolute Gasteiger partial charge is 0.269 e. The van der Waals surface area contributed by atoms with Crippen LogP contribution in [0.15, 0.2) is 30.6 Å². The third-order valence-electron chi connectivity index (χ3n) is 3.03. The number of carbonyl (C=O) groups is 1. The molecule has 1 aromatic carbocycles. The molecule has 2 aromatic rings. The van der Waals surface area contributed by atoms with Gasteiger partial charge in [-0.1, -0.05) is 0 Å². The number of benzene rings is 1. The van der Waals surface area contributed by atoms with Crippen LogP contribution in [-0.2, 0) is 11.3 Å². The van der Waals surface area contributed by atoms with Gasteiger partial charge in [-0.3, -0.25) is 19.6 Å². The summed E-state index contributed by atoms with van der Waals surface area (Å²) < 4.78 is 1.71. The van der Waals surface area contributed by atoms with Crippen molar-refractivity contribution in [2.45, 2.75) is 26.8 Å². The molecule has 0 radical (unpaired) electrons. The molecule has 0 aliphatic heterocycles. The lowest BCUT2D eigenvalue weighted by Gasteiger charge is -2.08. The van der Waals surface area contributed by atoms with Crippen molar-refractivity contribution < 1.29 is 9.72 Å². The minimum Gasteiger partial charge on any atom is -0.326 e. The van der Waals surface area contributed by atoms with E-state index in [0.29, 0.717) is 17.8 Å². The molecule has 21 heavy (non-hydrogen) atoms. The van der Waals surface area contributed by atoms with Gasteiger partial charge in [-0.15, -0.1) is 0 Å². The summed E-state index contributed by atoms with van der Waals surface area (Å²) >= 11 is 0. The molecular formula is C14H16N4O3. The Hall–Kier alpha value is -2.70. The van der Waals surface area contributed by atoms with E-state index in [1.54, 1.807) is 23.9 Å². The highest BCUT2D eigenvalue weighted by molar-refractivity contribution is 5.91. The number of anilines is 1. The van der Waals surface area contributed by atoms with Crippen LogP contribution in [0.2, 0.25) is 0 Å². The minimum atomic E-state index is -0.460. The van der Waals surface area contributed by atoms with Crippen LogP contribution in [0.3, 0.4) is 0 Å². The molecule has 0 fully saturated rings. The zero-order valence-corrected chi connectivity index (χ0v) is 11.9. The van der Waals surface area contributed by atoms with Crippen molar-refractivity contribution in [1.82, 2.24) is 9.78 Å². The normalized spacial score (nSPS) is 10.4. The molecule has 2 rings (SSSR count). The van der Waals surface area contributed by atoms with E-state index < -0.39 is 4.92 Å². The van der Waals surface area contributed by atoms with Crippen molar-refractivity contribution in [3.8, 4) is 0 Å². The first-order chi connectivity index (χ1) is 9.95. The van der Waals surface area contributed by atoms with E-state index in [2.05, 4.69) is 10.4 Å². The van der Waals surface area contributed by atoms with Crippen molar-refractivity contribution in [2.24, 2.45) is 0 Å². The second-order valence-electron chi connectivity index (χ2n) is 4.84. The second kappa shape index (κ2) is 6.17. The SMILES string of the molecule is Cc1cnn(CCC(=O)Nc2ccc([N+](=O)[O-])cc2C)c1. The van der Waals surface area contributed by atoms with Gasteiger partial charge >= 0.3 is 0 Å². The first-order valence-electron chi connectivity index (χ1n) is 6.49. The molecule has 1 N–H and O–H groups in total. The van der Waals surface area contributed by atoms with Crippen LogP contribution >= 0.6 is 0 Å². The van der Waals surface area contributed by atoms with Crippen molar-refractivity contribution >= 4 is 17.3 Å². The number of non-ortho nitro benzene ring substituents is 1. The van der Waals surface area contributed by atoms with Gasteiger partial charge in [-0.2, -0.15) is 5.10 Å². The second-order valence-corrected chi connectivity index (χ2v) is 4.84. The van der Waals surface area contributed by atoms with Crippen molar-refractivity contribution in [1.29, 1.82) is 0 Å². The summed E-state index contributed by atoms with van der Waals surface area (Å²) in [7, 11) is 0. The summed E-state index contributed by atoms with van der Waals surface area (Å²) in [6.07, 6.45) is 3.89. The molecule has 110 valence electrons. The maximum absolute atomic E-state index is 11.9. The summed E-state index contributed by atoms with van der Waals surface area (Å²) in [5.74, 6) is -0.153. The van der Waals surface area contributed by atoms with E-state index in [9.17, 15) is 14.9 Å². The molecule has 0 unspecified atom stereocenters. The summed E-state index contributed by atoms with van der Waals surface area (Å²) in [6.45, 7) is 4.15. The Morgan fingerprint density at radius 3 is 2.76 bits per heavy atom. The summed E-state index contributed by atoms with van der Waals surface area (Å²) in [5, 5.41) is 17.5. The van der Waals surface area contributed by atoms with Gasteiger partial charge < -0.3 is 5.32 Å². The Balaban J connectivity index is 1.94. The summed E-state index contributed by atoms with van der Waals surface area (Å²) in [5.41, 5.74) is 2.30. The van der Waals surface area contributed by atoms with Crippen LogP contribution in [0, 0.1) is 24.0 Å². The maximum Gasteiger partial charge on any atom is 0.269 e. The average Bonchev–Trinajstić information content (AvgIpc) is 2.84. The van der Waals surface area contributed by atoms with Gasteiger partial charge in [0.1, 0.15) is 0 Å². The minimum absolute atomic E-state index is 0.0116. The number of aryl methyl sites for hydroxylation is 3. The van der Waals surface area contributed by atoms with E-state index in [1.807, 2.05) is 13.1 Å². The van der Waals surface area contributed by atoms with Gasteiger partial charge in [0.2, 0.25) is 5.91 Å². The van der Waals surface area contributed by atoms with E-state index in [1.165, 1.54) is 12.1 Å². The highest BCUT2D eigenvalue weighted by Gasteiger charge is 2.10. The molecular weight excluding hydrogens is 272 g/mol. The quantitative estimate of drug-likeness (QED) is 0.675. The zero-order valence-electron chi connectivity index (χ0n) is 11.9. The molecule has 0 bridgehead atoms. The third kappa shape index (κ3) is 3.88. The highest BCUT2D eigenvalue weighted by Crippen LogP contribution is 2.21. The van der Waals surface area contributed by atoms with Crippen molar-refractivity contribution in [3.05, 3.63) is 51.8 Å². The Labute approximate surface area is 121 Å². The number of aromatic nitrogens is 2. The fourth-order valence-electron chi connectivity index (χ4n) is 1.92. The highest BCUT2D eigenvalue weighted by atomic mass is 16.6. The number of hydrogen-bond acceptors (Lipinski definition) is 4. The zero-order chi connectivity index (χ0) is 15.4. The fraction of sp³-hybridized carbons (Fsp3) is 0.286. The Bertz CT molecular complexity index is 679.